The second-order valence-electron chi connectivity index (χ2n) is 5.99. The highest BCUT2D eigenvalue weighted by Gasteiger charge is 2.47. The molecule has 0 spiro atoms. The van der Waals surface area contributed by atoms with E-state index in [0.717, 1.165) is 6.61 Å². The van der Waals surface area contributed by atoms with Crippen LogP contribution in [0.4, 0.5) is 0 Å². The molecule has 1 atom stereocenters. The highest BCUT2D eigenvalue weighted by Crippen LogP contribution is 2.46. The van der Waals surface area contributed by atoms with Crippen molar-refractivity contribution in [3.63, 3.8) is 0 Å². The van der Waals surface area contributed by atoms with Crippen LogP contribution < -0.4 is 0 Å². The van der Waals surface area contributed by atoms with Crippen molar-refractivity contribution in [3.8, 4) is 0 Å². The van der Waals surface area contributed by atoms with Gasteiger partial charge in [-0.15, -0.1) is 0 Å². The van der Waals surface area contributed by atoms with Crippen molar-refractivity contribution < 1.29 is 4.74 Å². The van der Waals surface area contributed by atoms with E-state index in [-0.39, 0.29) is 0 Å². The summed E-state index contributed by atoms with van der Waals surface area (Å²) in [6, 6.07) is 0. The molecule has 0 amide bonds. The van der Waals surface area contributed by atoms with Gasteiger partial charge in [0.2, 0.25) is 0 Å². The van der Waals surface area contributed by atoms with Crippen LogP contribution in [0.1, 0.15) is 46.0 Å². The van der Waals surface area contributed by atoms with Gasteiger partial charge in [-0.3, -0.25) is 4.90 Å². The first-order chi connectivity index (χ1) is 7.70. The molecule has 0 aromatic heterocycles. The van der Waals surface area contributed by atoms with Crippen LogP contribution >= 0.6 is 0 Å². The molecule has 0 bridgehead atoms. The predicted octanol–water partition coefficient (Wildman–Crippen LogP) is 2.74. The van der Waals surface area contributed by atoms with Gasteiger partial charge in [-0.2, -0.15) is 0 Å². The van der Waals surface area contributed by atoms with Crippen molar-refractivity contribution in [2.75, 3.05) is 19.7 Å². The number of rotatable bonds is 3. The molecule has 3 rings (SSSR count). The monoisotopic (exact) mass is 221 g/mol. The smallest absolute Gasteiger partial charge is 0.0657 e. The Balaban J connectivity index is 1.73. The van der Waals surface area contributed by atoms with E-state index in [0.29, 0.717) is 11.6 Å². The Hall–Kier alpha value is -0.340. The summed E-state index contributed by atoms with van der Waals surface area (Å²) in [6.07, 6.45) is 7.14. The Labute approximate surface area is 98.6 Å². The summed E-state index contributed by atoms with van der Waals surface area (Å²) >= 11 is 0. The van der Waals surface area contributed by atoms with Gasteiger partial charge in [0.05, 0.1) is 12.7 Å². The lowest BCUT2D eigenvalue weighted by Gasteiger charge is -2.32. The van der Waals surface area contributed by atoms with E-state index in [9.17, 15) is 0 Å². The second kappa shape index (κ2) is 3.85. The van der Waals surface area contributed by atoms with E-state index >= 15 is 0 Å². The molecular weight excluding hydrogens is 198 g/mol. The van der Waals surface area contributed by atoms with Crippen LogP contribution in [0.2, 0.25) is 0 Å². The fraction of sp³-hybridized carbons (Fsp3) is 0.857. The zero-order chi connectivity index (χ0) is 11.2. The van der Waals surface area contributed by atoms with Gasteiger partial charge in [0.25, 0.3) is 0 Å². The van der Waals surface area contributed by atoms with E-state index in [1.807, 2.05) is 0 Å². The van der Waals surface area contributed by atoms with Crippen molar-refractivity contribution in [2.45, 2.75) is 57.6 Å². The summed E-state index contributed by atoms with van der Waals surface area (Å²) in [4.78, 5) is 2.69. The number of hydrogen-bond acceptors (Lipinski definition) is 2. The molecule has 2 heterocycles. The maximum Gasteiger partial charge on any atom is 0.0657 e. The van der Waals surface area contributed by atoms with Crippen molar-refractivity contribution in [3.05, 3.63) is 11.1 Å². The number of allylic oxidation sites excluding steroid dienone is 1. The van der Waals surface area contributed by atoms with E-state index in [1.165, 1.54) is 45.2 Å². The largest absolute Gasteiger partial charge is 0.377 e. The third-order valence-electron chi connectivity index (χ3n) is 4.35. The molecular formula is C14H23NO. The highest BCUT2D eigenvalue weighted by atomic mass is 16.5. The third kappa shape index (κ3) is 1.82. The Morgan fingerprint density at radius 2 is 2.12 bits per heavy atom. The fourth-order valence-corrected chi connectivity index (χ4v) is 3.31. The lowest BCUT2D eigenvalue weighted by atomic mass is 9.93. The lowest BCUT2D eigenvalue weighted by molar-refractivity contribution is 0.00328. The molecule has 2 nitrogen and oxygen atoms in total. The van der Waals surface area contributed by atoms with Gasteiger partial charge in [0.15, 0.2) is 0 Å². The Bertz CT molecular complexity index is 315. The Morgan fingerprint density at radius 3 is 2.81 bits per heavy atom. The zero-order valence-electron chi connectivity index (χ0n) is 10.6. The van der Waals surface area contributed by atoms with Crippen LogP contribution in [0, 0.1) is 0 Å². The average molecular weight is 221 g/mol. The lowest BCUT2D eigenvalue weighted by Crippen LogP contribution is -2.43. The van der Waals surface area contributed by atoms with Crippen molar-refractivity contribution in [2.24, 2.45) is 0 Å². The molecule has 0 N–H and O–H groups in total. The molecule has 2 saturated heterocycles. The normalized spacial score (nSPS) is 33.9. The summed E-state index contributed by atoms with van der Waals surface area (Å²) < 4.78 is 5.91. The van der Waals surface area contributed by atoms with E-state index < -0.39 is 0 Å². The first-order valence-corrected chi connectivity index (χ1v) is 6.76. The summed E-state index contributed by atoms with van der Waals surface area (Å²) in [5, 5.41) is 0. The SMILES string of the molecule is CC(C)OC[C@@]12CCCN1CC(=C1CC1)C2. The number of ether oxygens (including phenoxy) is 1. The standard InChI is InChI=1S/C14H23NO/c1-11(2)16-10-14-6-3-7-15(14)9-13(8-14)12-4-5-12/h11H,3-10H2,1-2H3/t14-/m0/s1. The molecule has 16 heavy (non-hydrogen) atoms. The van der Waals surface area contributed by atoms with Crippen LogP contribution in [-0.4, -0.2) is 36.2 Å². The molecule has 1 saturated carbocycles. The molecule has 3 fully saturated rings. The molecule has 2 aliphatic heterocycles. The maximum atomic E-state index is 5.91. The minimum atomic E-state index is 0.370. The van der Waals surface area contributed by atoms with E-state index in [1.54, 1.807) is 11.1 Å². The van der Waals surface area contributed by atoms with Gasteiger partial charge < -0.3 is 4.74 Å². The molecule has 90 valence electrons. The summed E-state index contributed by atoms with van der Waals surface area (Å²) in [5.74, 6) is 0. The minimum absolute atomic E-state index is 0.370. The topological polar surface area (TPSA) is 12.5 Å². The minimum Gasteiger partial charge on any atom is -0.377 e. The van der Waals surface area contributed by atoms with Crippen molar-refractivity contribution in [1.29, 1.82) is 0 Å². The molecule has 0 unspecified atom stereocenters. The van der Waals surface area contributed by atoms with Gasteiger partial charge in [-0.1, -0.05) is 11.1 Å². The van der Waals surface area contributed by atoms with Crippen molar-refractivity contribution >= 4 is 0 Å². The first kappa shape index (κ1) is 10.8. The third-order valence-corrected chi connectivity index (χ3v) is 4.35. The van der Waals surface area contributed by atoms with Gasteiger partial charge in [0, 0.05) is 12.1 Å². The molecule has 0 radical (unpaired) electrons. The molecule has 3 aliphatic rings. The van der Waals surface area contributed by atoms with Gasteiger partial charge in [-0.25, -0.2) is 0 Å². The van der Waals surface area contributed by atoms with Crippen LogP contribution in [0.5, 0.6) is 0 Å². The molecule has 0 aromatic rings. The quantitative estimate of drug-likeness (QED) is 0.679. The highest BCUT2D eigenvalue weighted by molar-refractivity contribution is 5.32. The van der Waals surface area contributed by atoms with Gasteiger partial charge in [0.1, 0.15) is 0 Å². The van der Waals surface area contributed by atoms with E-state index in [2.05, 4.69) is 18.7 Å². The zero-order valence-corrected chi connectivity index (χ0v) is 10.6. The van der Waals surface area contributed by atoms with Gasteiger partial charge in [-0.05, 0) is 52.5 Å². The number of nitrogens with zero attached hydrogens (tertiary/aromatic N) is 1. The predicted molar refractivity (Wildman–Crippen MR) is 65.5 cm³/mol. The van der Waals surface area contributed by atoms with Crippen molar-refractivity contribution in [1.82, 2.24) is 4.90 Å². The maximum absolute atomic E-state index is 5.91. The summed E-state index contributed by atoms with van der Waals surface area (Å²) in [5.41, 5.74) is 3.90. The summed E-state index contributed by atoms with van der Waals surface area (Å²) in [6.45, 7) is 7.77. The van der Waals surface area contributed by atoms with Crippen LogP contribution in [-0.2, 0) is 4.74 Å². The van der Waals surface area contributed by atoms with Crippen LogP contribution in [0.25, 0.3) is 0 Å². The number of fused-ring (bicyclic) bond motifs is 1. The molecule has 1 aliphatic carbocycles. The first-order valence-electron chi connectivity index (χ1n) is 6.76. The second-order valence-corrected chi connectivity index (χ2v) is 5.99. The Kier molecular flexibility index (Phi) is 2.60. The van der Waals surface area contributed by atoms with E-state index in [4.69, 9.17) is 4.74 Å². The summed E-state index contributed by atoms with van der Waals surface area (Å²) in [7, 11) is 0. The fourth-order valence-electron chi connectivity index (χ4n) is 3.31. The Morgan fingerprint density at radius 1 is 1.31 bits per heavy atom. The molecule has 2 heteroatoms. The van der Waals surface area contributed by atoms with Crippen LogP contribution in [0.3, 0.4) is 0 Å². The van der Waals surface area contributed by atoms with Crippen LogP contribution in [0.15, 0.2) is 11.1 Å². The van der Waals surface area contributed by atoms with Gasteiger partial charge >= 0.3 is 0 Å². The number of hydrogen-bond donors (Lipinski definition) is 0. The molecule has 0 aromatic carbocycles. The average Bonchev–Trinajstić information content (AvgIpc) is 2.90.